The molecule has 0 spiro atoms. The Morgan fingerprint density at radius 2 is 2.14 bits per heavy atom. The lowest BCUT2D eigenvalue weighted by Gasteiger charge is -2.11. The lowest BCUT2D eigenvalue weighted by atomic mass is 10.1. The van der Waals surface area contributed by atoms with Crippen molar-refractivity contribution in [2.45, 2.75) is 33.7 Å². The van der Waals surface area contributed by atoms with Crippen molar-refractivity contribution in [3.8, 4) is 5.69 Å². The van der Waals surface area contributed by atoms with Crippen LogP contribution in [0.3, 0.4) is 0 Å². The summed E-state index contributed by atoms with van der Waals surface area (Å²) < 4.78 is 1.67. The third-order valence-electron chi connectivity index (χ3n) is 3.27. The maximum absolute atomic E-state index is 11.0. The number of benzene rings is 1. The molecule has 0 fully saturated rings. The fourth-order valence-electron chi connectivity index (χ4n) is 2.22. The summed E-state index contributed by atoms with van der Waals surface area (Å²) in [6.45, 7) is 6.38. The first-order valence-corrected chi connectivity index (χ1v) is 6.83. The Kier molecular flexibility index (Phi) is 4.32. The molecule has 2 N–H and O–H groups in total. The number of nitrogens with two attached hydrogens (primary N) is 1. The van der Waals surface area contributed by atoms with Crippen LogP contribution in [0.5, 0.6) is 0 Å². The molecule has 0 bridgehead atoms. The lowest BCUT2D eigenvalue weighted by molar-refractivity contribution is -0.384. The van der Waals surface area contributed by atoms with Crippen molar-refractivity contribution in [3.63, 3.8) is 0 Å². The van der Waals surface area contributed by atoms with E-state index < -0.39 is 4.92 Å². The van der Waals surface area contributed by atoms with Crippen LogP contribution in [0.25, 0.3) is 5.69 Å². The highest BCUT2D eigenvalue weighted by Crippen LogP contribution is 2.23. The van der Waals surface area contributed by atoms with Crippen molar-refractivity contribution in [2.75, 3.05) is 0 Å². The molecule has 2 aromatic rings. The zero-order valence-corrected chi connectivity index (χ0v) is 12.4. The number of nitro groups is 1. The molecule has 1 heterocycles. The summed E-state index contributed by atoms with van der Waals surface area (Å²) in [5, 5.41) is 19.2. The smallest absolute Gasteiger partial charge is 0.271 e. The predicted molar refractivity (Wildman–Crippen MR) is 79.2 cm³/mol. The van der Waals surface area contributed by atoms with Crippen LogP contribution in [0, 0.1) is 23.0 Å². The molecule has 0 aliphatic heterocycles. The standard InChI is InChI=1S/C14H19N5O2/c1-9(2)6-14-12(8-15)16-17-18(14)13-7-11(19(20)21)5-4-10(13)3/h4-5,7,9H,6,8,15H2,1-3H3. The second-order valence-electron chi connectivity index (χ2n) is 5.42. The highest BCUT2D eigenvalue weighted by molar-refractivity contribution is 5.49. The molecule has 0 saturated heterocycles. The Morgan fingerprint density at radius 1 is 1.43 bits per heavy atom. The van der Waals surface area contributed by atoms with Crippen LogP contribution in [0.4, 0.5) is 5.69 Å². The van der Waals surface area contributed by atoms with E-state index in [0.717, 1.165) is 23.4 Å². The quantitative estimate of drug-likeness (QED) is 0.671. The van der Waals surface area contributed by atoms with Gasteiger partial charge in [0.2, 0.25) is 0 Å². The van der Waals surface area contributed by atoms with Gasteiger partial charge in [0.05, 0.1) is 22.0 Å². The van der Waals surface area contributed by atoms with Gasteiger partial charge in [0.15, 0.2) is 0 Å². The molecule has 0 amide bonds. The van der Waals surface area contributed by atoms with E-state index in [9.17, 15) is 10.1 Å². The normalized spacial score (nSPS) is 11.1. The number of aromatic nitrogens is 3. The van der Waals surface area contributed by atoms with Crippen LogP contribution in [0.1, 0.15) is 30.8 Å². The monoisotopic (exact) mass is 289 g/mol. The van der Waals surface area contributed by atoms with Gasteiger partial charge in [-0.1, -0.05) is 25.1 Å². The van der Waals surface area contributed by atoms with Gasteiger partial charge >= 0.3 is 0 Å². The Hall–Kier alpha value is -2.28. The minimum atomic E-state index is -0.411. The van der Waals surface area contributed by atoms with E-state index in [0.29, 0.717) is 18.2 Å². The Balaban J connectivity index is 2.58. The van der Waals surface area contributed by atoms with Gasteiger partial charge in [-0.3, -0.25) is 10.1 Å². The highest BCUT2D eigenvalue weighted by Gasteiger charge is 2.18. The maximum atomic E-state index is 11.0. The first kappa shape index (κ1) is 15.1. The van der Waals surface area contributed by atoms with Crippen molar-refractivity contribution in [1.29, 1.82) is 0 Å². The van der Waals surface area contributed by atoms with Crippen LogP contribution < -0.4 is 5.73 Å². The van der Waals surface area contributed by atoms with Crippen molar-refractivity contribution in [3.05, 3.63) is 45.3 Å². The van der Waals surface area contributed by atoms with Gasteiger partial charge in [-0.25, -0.2) is 4.68 Å². The molecule has 0 saturated carbocycles. The molecular formula is C14H19N5O2. The fraction of sp³-hybridized carbons (Fsp3) is 0.429. The summed E-state index contributed by atoms with van der Waals surface area (Å²) in [4.78, 5) is 10.5. The third kappa shape index (κ3) is 3.08. The zero-order chi connectivity index (χ0) is 15.6. The minimum absolute atomic E-state index is 0.0379. The van der Waals surface area contributed by atoms with Gasteiger partial charge in [-0.2, -0.15) is 0 Å². The van der Waals surface area contributed by atoms with Crippen LogP contribution in [0.15, 0.2) is 18.2 Å². The maximum Gasteiger partial charge on any atom is 0.271 e. The van der Waals surface area contributed by atoms with Crippen molar-refractivity contribution in [1.82, 2.24) is 15.0 Å². The van der Waals surface area contributed by atoms with Crippen molar-refractivity contribution in [2.24, 2.45) is 11.7 Å². The lowest BCUT2D eigenvalue weighted by Crippen LogP contribution is -2.10. The van der Waals surface area contributed by atoms with Crippen molar-refractivity contribution < 1.29 is 4.92 Å². The molecule has 112 valence electrons. The molecule has 0 unspecified atom stereocenters. The number of hydrogen-bond donors (Lipinski definition) is 1. The largest absolute Gasteiger partial charge is 0.325 e. The Morgan fingerprint density at radius 3 is 2.71 bits per heavy atom. The second kappa shape index (κ2) is 6.01. The van der Waals surface area contributed by atoms with E-state index in [-0.39, 0.29) is 5.69 Å². The molecule has 1 aromatic heterocycles. The summed E-state index contributed by atoms with van der Waals surface area (Å²) >= 11 is 0. The Bertz CT molecular complexity index is 663. The molecule has 0 aliphatic rings. The van der Waals surface area contributed by atoms with Gasteiger partial charge in [0.1, 0.15) is 0 Å². The number of non-ortho nitro benzene ring substituents is 1. The average molecular weight is 289 g/mol. The minimum Gasteiger partial charge on any atom is -0.325 e. The molecule has 2 rings (SSSR count). The first-order valence-electron chi connectivity index (χ1n) is 6.83. The number of aryl methyl sites for hydroxylation is 1. The molecule has 7 nitrogen and oxygen atoms in total. The number of hydrogen-bond acceptors (Lipinski definition) is 5. The van der Waals surface area contributed by atoms with Gasteiger partial charge < -0.3 is 5.73 Å². The van der Waals surface area contributed by atoms with E-state index in [1.165, 1.54) is 12.1 Å². The van der Waals surface area contributed by atoms with Crippen molar-refractivity contribution >= 4 is 5.69 Å². The first-order chi connectivity index (χ1) is 9.93. The summed E-state index contributed by atoms with van der Waals surface area (Å²) in [7, 11) is 0. The molecule has 0 atom stereocenters. The van der Waals surface area contributed by atoms with Crippen LogP contribution in [-0.2, 0) is 13.0 Å². The van der Waals surface area contributed by atoms with Crippen LogP contribution in [0.2, 0.25) is 0 Å². The second-order valence-corrected chi connectivity index (χ2v) is 5.42. The molecule has 1 aromatic carbocycles. The van der Waals surface area contributed by atoms with Crippen LogP contribution in [-0.4, -0.2) is 19.9 Å². The molecule has 21 heavy (non-hydrogen) atoms. The number of rotatable bonds is 5. The molecular weight excluding hydrogens is 270 g/mol. The van der Waals surface area contributed by atoms with E-state index in [1.807, 2.05) is 6.92 Å². The van der Waals surface area contributed by atoms with E-state index in [4.69, 9.17) is 5.73 Å². The van der Waals surface area contributed by atoms with Gasteiger partial charge in [0, 0.05) is 18.7 Å². The molecule has 7 heteroatoms. The molecule has 0 radical (unpaired) electrons. The summed E-state index contributed by atoms with van der Waals surface area (Å²) in [6.07, 6.45) is 0.766. The predicted octanol–water partition coefficient (Wildman–Crippen LogP) is 2.14. The topological polar surface area (TPSA) is 99.9 Å². The summed E-state index contributed by atoms with van der Waals surface area (Å²) in [5.74, 6) is 0.409. The number of nitrogens with zero attached hydrogens (tertiary/aromatic N) is 4. The average Bonchev–Trinajstić information content (AvgIpc) is 2.81. The van der Waals surface area contributed by atoms with E-state index >= 15 is 0 Å². The van der Waals surface area contributed by atoms with Gasteiger partial charge in [0.25, 0.3) is 5.69 Å². The summed E-state index contributed by atoms with van der Waals surface area (Å²) in [6, 6.07) is 4.73. The fourth-order valence-corrected chi connectivity index (χ4v) is 2.22. The van der Waals surface area contributed by atoms with Gasteiger partial charge in [-0.05, 0) is 24.8 Å². The van der Waals surface area contributed by atoms with Gasteiger partial charge in [-0.15, -0.1) is 5.10 Å². The van der Waals surface area contributed by atoms with E-state index in [1.54, 1.807) is 10.7 Å². The Labute approximate surface area is 122 Å². The zero-order valence-electron chi connectivity index (χ0n) is 12.4. The SMILES string of the molecule is Cc1ccc([N+](=O)[O-])cc1-n1nnc(CN)c1CC(C)C. The summed E-state index contributed by atoms with van der Waals surface area (Å²) in [5.41, 5.74) is 8.97. The van der Waals surface area contributed by atoms with E-state index in [2.05, 4.69) is 24.2 Å². The third-order valence-corrected chi connectivity index (χ3v) is 3.27. The number of nitro benzene ring substituents is 1. The van der Waals surface area contributed by atoms with Crippen LogP contribution >= 0.6 is 0 Å². The highest BCUT2D eigenvalue weighted by atomic mass is 16.6. The molecule has 0 aliphatic carbocycles.